The van der Waals surface area contributed by atoms with Gasteiger partial charge in [-0.3, -0.25) is 4.79 Å². The second kappa shape index (κ2) is 9.12. The third-order valence-corrected chi connectivity index (χ3v) is 5.40. The van der Waals surface area contributed by atoms with Crippen molar-refractivity contribution in [2.75, 3.05) is 44.6 Å². The molecule has 0 unspecified atom stereocenters. The fraction of sp³-hybridized carbons (Fsp3) is 0.562. The Hall–Kier alpha value is -1.48. The quantitative estimate of drug-likeness (QED) is 0.595. The van der Waals surface area contributed by atoms with Gasteiger partial charge in [0.2, 0.25) is 15.9 Å². The highest BCUT2D eigenvalue weighted by molar-refractivity contribution is 7.89. The Bertz CT molecular complexity index is 625. The van der Waals surface area contributed by atoms with Crippen LogP contribution in [0.4, 0.5) is 5.69 Å². The first-order chi connectivity index (χ1) is 11.5. The van der Waals surface area contributed by atoms with Crippen molar-refractivity contribution in [1.29, 1.82) is 0 Å². The lowest BCUT2D eigenvalue weighted by Crippen LogP contribution is -2.44. The predicted octanol–water partition coefficient (Wildman–Crippen LogP) is 0.609. The van der Waals surface area contributed by atoms with Gasteiger partial charge in [0.15, 0.2) is 0 Å². The van der Waals surface area contributed by atoms with Gasteiger partial charge < -0.3 is 15.5 Å². The fourth-order valence-electron chi connectivity index (χ4n) is 2.49. The van der Waals surface area contributed by atoms with E-state index in [1.54, 1.807) is 19.1 Å². The molecule has 0 spiro atoms. The van der Waals surface area contributed by atoms with E-state index in [0.29, 0.717) is 18.7 Å². The number of nitrogens with zero attached hydrogens (tertiary/aromatic N) is 1. The van der Waals surface area contributed by atoms with Crippen LogP contribution in [0.15, 0.2) is 29.2 Å². The van der Waals surface area contributed by atoms with Crippen LogP contribution in [0.3, 0.4) is 0 Å². The number of nitrogens with one attached hydrogen (secondary N) is 3. The molecule has 0 bridgehead atoms. The Kier molecular flexibility index (Phi) is 7.16. The highest BCUT2D eigenvalue weighted by atomic mass is 32.2. The largest absolute Gasteiger partial charge is 0.326 e. The summed E-state index contributed by atoms with van der Waals surface area (Å²) in [5.41, 5.74) is 0.597. The molecule has 1 heterocycles. The summed E-state index contributed by atoms with van der Waals surface area (Å²) in [6.07, 6.45) is 1.17. The Morgan fingerprint density at radius 3 is 2.50 bits per heavy atom. The van der Waals surface area contributed by atoms with Crippen LogP contribution in [0, 0.1) is 0 Å². The average Bonchev–Trinajstić information content (AvgIpc) is 2.60. The monoisotopic (exact) mass is 354 g/mol. The second-order valence-electron chi connectivity index (χ2n) is 5.77. The number of benzene rings is 1. The third kappa shape index (κ3) is 5.86. The van der Waals surface area contributed by atoms with Gasteiger partial charge in [-0.25, -0.2) is 13.1 Å². The Morgan fingerprint density at radius 2 is 1.88 bits per heavy atom. The number of anilines is 1. The van der Waals surface area contributed by atoms with Gasteiger partial charge in [0, 0.05) is 44.8 Å². The molecule has 8 heteroatoms. The summed E-state index contributed by atoms with van der Waals surface area (Å²) in [6.45, 7) is 7.08. The topological polar surface area (TPSA) is 90.5 Å². The summed E-state index contributed by atoms with van der Waals surface area (Å²) in [6, 6.07) is 6.21. The highest BCUT2D eigenvalue weighted by Crippen LogP contribution is 2.14. The first kappa shape index (κ1) is 18.9. The summed E-state index contributed by atoms with van der Waals surface area (Å²) < 4.78 is 27.1. The molecule has 2 rings (SSSR count). The van der Waals surface area contributed by atoms with Gasteiger partial charge in [-0.1, -0.05) is 6.92 Å². The molecule has 134 valence electrons. The number of piperazine rings is 1. The minimum Gasteiger partial charge on any atom is -0.326 e. The molecule has 24 heavy (non-hydrogen) atoms. The molecule has 7 nitrogen and oxygen atoms in total. The molecule has 1 aromatic carbocycles. The van der Waals surface area contributed by atoms with Gasteiger partial charge >= 0.3 is 0 Å². The van der Waals surface area contributed by atoms with Crippen LogP contribution in [0.25, 0.3) is 0 Å². The first-order valence-electron chi connectivity index (χ1n) is 8.34. The smallest absolute Gasteiger partial charge is 0.240 e. The molecule has 1 aliphatic heterocycles. The molecule has 0 aliphatic carbocycles. The van der Waals surface area contributed by atoms with E-state index in [0.717, 1.165) is 39.1 Å². The number of carbonyl (C=O) groups excluding carboxylic acids is 1. The maximum Gasteiger partial charge on any atom is 0.240 e. The van der Waals surface area contributed by atoms with Gasteiger partial charge in [-0.15, -0.1) is 0 Å². The third-order valence-electron chi connectivity index (χ3n) is 3.92. The summed E-state index contributed by atoms with van der Waals surface area (Å²) in [4.78, 5) is 13.9. The van der Waals surface area contributed by atoms with Gasteiger partial charge in [-0.05, 0) is 37.2 Å². The molecule has 0 saturated carbocycles. The Labute approximate surface area is 143 Å². The van der Waals surface area contributed by atoms with E-state index in [1.807, 2.05) is 0 Å². The van der Waals surface area contributed by atoms with Crippen molar-refractivity contribution >= 4 is 21.6 Å². The first-order valence-corrected chi connectivity index (χ1v) is 9.82. The number of carbonyl (C=O) groups is 1. The zero-order chi connectivity index (χ0) is 17.4. The van der Waals surface area contributed by atoms with E-state index < -0.39 is 10.0 Å². The summed E-state index contributed by atoms with van der Waals surface area (Å²) in [5, 5.41) is 5.99. The molecule has 1 aromatic rings. The summed E-state index contributed by atoms with van der Waals surface area (Å²) in [5.74, 6) is -0.100. The van der Waals surface area contributed by atoms with Crippen LogP contribution >= 0.6 is 0 Å². The number of hydrogen-bond donors (Lipinski definition) is 3. The van der Waals surface area contributed by atoms with Crippen molar-refractivity contribution in [3.05, 3.63) is 24.3 Å². The van der Waals surface area contributed by atoms with Gasteiger partial charge in [0.05, 0.1) is 4.90 Å². The molecule has 0 atom stereocenters. The second-order valence-corrected chi connectivity index (χ2v) is 7.54. The average molecular weight is 354 g/mol. The lowest BCUT2D eigenvalue weighted by atomic mass is 10.3. The lowest BCUT2D eigenvalue weighted by molar-refractivity contribution is -0.115. The maximum atomic E-state index is 12.3. The van der Waals surface area contributed by atoms with Crippen molar-refractivity contribution in [2.24, 2.45) is 0 Å². The van der Waals surface area contributed by atoms with Crippen molar-refractivity contribution < 1.29 is 13.2 Å². The number of sulfonamides is 1. The summed E-state index contributed by atoms with van der Waals surface area (Å²) >= 11 is 0. The maximum absolute atomic E-state index is 12.3. The van der Waals surface area contributed by atoms with E-state index in [1.165, 1.54) is 12.1 Å². The van der Waals surface area contributed by atoms with Crippen LogP contribution in [0.2, 0.25) is 0 Å². The van der Waals surface area contributed by atoms with Crippen LogP contribution < -0.4 is 15.4 Å². The van der Waals surface area contributed by atoms with Crippen molar-refractivity contribution in [3.63, 3.8) is 0 Å². The predicted molar refractivity (Wildman–Crippen MR) is 94.5 cm³/mol. The van der Waals surface area contributed by atoms with Crippen molar-refractivity contribution in [1.82, 2.24) is 14.9 Å². The SMILES string of the molecule is CCC(=O)Nc1ccc(S(=O)(=O)NCCCN2CCNCC2)cc1. The van der Waals surface area contributed by atoms with Gasteiger partial charge in [0.1, 0.15) is 0 Å². The van der Waals surface area contributed by atoms with Crippen molar-refractivity contribution in [3.8, 4) is 0 Å². The zero-order valence-corrected chi connectivity index (χ0v) is 14.9. The molecule has 1 saturated heterocycles. The normalized spacial score (nSPS) is 16.0. The van der Waals surface area contributed by atoms with E-state index in [9.17, 15) is 13.2 Å². The summed E-state index contributed by atoms with van der Waals surface area (Å²) in [7, 11) is -3.51. The fourth-order valence-corrected chi connectivity index (χ4v) is 3.57. The molecule has 1 amide bonds. The van der Waals surface area contributed by atoms with Crippen LogP contribution in [0.1, 0.15) is 19.8 Å². The molecule has 0 radical (unpaired) electrons. The molecule has 1 fully saturated rings. The molecular formula is C16H26N4O3S. The van der Waals surface area contributed by atoms with E-state index >= 15 is 0 Å². The van der Waals surface area contributed by atoms with Crippen LogP contribution in [-0.4, -0.2) is 58.5 Å². The highest BCUT2D eigenvalue weighted by Gasteiger charge is 2.14. The molecule has 1 aliphatic rings. The molecule has 0 aromatic heterocycles. The van der Waals surface area contributed by atoms with E-state index in [4.69, 9.17) is 0 Å². The zero-order valence-electron chi connectivity index (χ0n) is 14.0. The number of rotatable bonds is 8. The molecular weight excluding hydrogens is 328 g/mol. The Balaban J connectivity index is 1.80. The van der Waals surface area contributed by atoms with Crippen molar-refractivity contribution in [2.45, 2.75) is 24.7 Å². The lowest BCUT2D eigenvalue weighted by Gasteiger charge is -2.27. The minimum atomic E-state index is -3.51. The van der Waals surface area contributed by atoms with Gasteiger partial charge in [0.25, 0.3) is 0 Å². The van der Waals surface area contributed by atoms with Crippen LogP contribution in [0.5, 0.6) is 0 Å². The number of hydrogen-bond acceptors (Lipinski definition) is 5. The minimum absolute atomic E-state index is 0.100. The van der Waals surface area contributed by atoms with E-state index in [-0.39, 0.29) is 10.8 Å². The molecule has 3 N–H and O–H groups in total. The van der Waals surface area contributed by atoms with Gasteiger partial charge in [-0.2, -0.15) is 0 Å². The Morgan fingerprint density at radius 1 is 1.21 bits per heavy atom. The standard InChI is InChI=1S/C16H26N4O3S/c1-2-16(21)19-14-4-6-15(7-5-14)24(22,23)18-8-3-11-20-12-9-17-10-13-20/h4-7,17-18H,2-3,8-13H2,1H3,(H,19,21). The van der Waals surface area contributed by atoms with Crippen LogP contribution in [-0.2, 0) is 14.8 Å². The van der Waals surface area contributed by atoms with E-state index in [2.05, 4.69) is 20.3 Å². The number of amides is 1.